The third-order valence-corrected chi connectivity index (χ3v) is 4.15. The standard InChI is InChI=1S/C15H23FN2/c1-12(17-2)13-7-9-18(10-8-13)11-14-5-3-4-6-15(14)16/h3-6,12-13,17H,7-11H2,1-2H3. The number of benzene rings is 1. The van der Waals surface area contributed by atoms with Crippen LogP contribution >= 0.6 is 0 Å². The molecule has 0 bridgehead atoms. The number of nitrogens with one attached hydrogen (secondary N) is 1. The quantitative estimate of drug-likeness (QED) is 0.883. The molecule has 0 amide bonds. The molecule has 2 nitrogen and oxygen atoms in total. The van der Waals surface area contributed by atoms with E-state index in [1.165, 1.54) is 12.8 Å². The Labute approximate surface area is 109 Å². The van der Waals surface area contributed by atoms with Crippen LogP contribution in [-0.4, -0.2) is 31.1 Å². The predicted octanol–water partition coefficient (Wildman–Crippen LogP) is 2.65. The predicted molar refractivity (Wildman–Crippen MR) is 72.9 cm³/mol. The number of likely N-dealkylation sites (tertiary alicyclic amines) is 1. The Morgan fingerprint density at radius 2 is 2.00 bits per heavy atom. The summed E-state index contributed by atoms with van der Waals surface area (Å²) in [4.78, 5) is 2.36. The summed E-state index contributed by atoms with van der Waals surface area (Å²) in [6, 6.07) is 7.68. The van der Waals surface area contributed by atoms with E-state index in [0.29, 0.717) is 6.04 Å². The molecule has 1 heterocycles. The second-order valence-corrected chi connectivity index (χ2v) is 5.28. The third-order valence-electron chi connectivity index (χ3n) is 4.15. The number of rotatable bonds is 4. The lowest BCUT2D eigenvalue weighted by atomic mass is 9.90. The molecular weight excluding hydrogens is 227 g/mol. The fourth-order valence-corrected chi connectivity index (χ4v) is 2.71. The molecule has 18 heavy (non-hydrogen) atoms. The van der Waals surface area contributed by atoms with E-state index in [0.717, 1.165) is 31.1 Å². The van der Waals surface area contributed by atoms with Crippen LogP contribution in [0.25, 0.3) is 0 Å². The zero-order valence-corrected chi connectivity index (χ0v) is 11.3. The highest BCUT2D eigenvalue weighted by Crippen LogP contribution is 2.22. The van der Waals surface area contributed by atoms with Gasteiger partial charge in [0.05, 0.1) is 0 Å². The molecule has 1 aliphatic heterocycles. The van der Waals surface area contributed by atoms with Gasteiger partial charge in [-0.15, -0.1) is 0 Å². The summed E-state index contributed by atoms with van der Waals surface area (Å²) in [5.74, 6) is 0.676. The summed E-state index contributed by atoms with van der Waals surface area (Å²) in [5, 5.41) is 3.33. The van der Waals surface area contributed by atoms with Crippen molar-refractivity contribution in [1.82, 2.24) is 10.2 Å². The first kappa shape index (κ1) is 13.5. The molecule has 100 valence electrons. The monoisotopic (exact) mass is 250 g/mol. The van der Waals surface area contributed by atoms with Crippen molar-refractivity contribution >= 4 is 0 Å². The molecule has 0 saturated carbocycles. The van der Waals surface area contributed by atoms with Crippen LogP contribution in [0.15, 0.2) is 24.3 Å². The lowest BCUT2D eigenvalue weighted by Gasteiger charge is -2.34. The first-order valence-electron chi connectivity index (χ1n) is 6.83. The van der Waals surface area contributed by atoms with Gasteiger partial charge in [-0.05, 0) is 51.9 Å². The van der Waals surface area contributed by atoms with Crippen LogP contribution in [0.5, 0.6) is 0 Å². The van der Waals surface area contributed by atoms with Crippen molar-refractivity contribution in [2.75, 3.05) is 20.1 Å². The normalized spacial score (nSPS) is 19.9. The molecule has 0 aromatic heterocycles. The van der Waals surface area contributed by atoms with E-state index in [1.807, 2.05) is 19.2 Å². The first-order valence-corrected chi connectivity index (χ1v) is 6.83. The van der Waals surface area contributed by atoms with Crippen molar-refractivity contribution < 1.29 is 4.39 Å². The summed E-state index contributed by atoms with van der Waals surface area (Å²) < 4.78 is 13.6. The minimum Gasteiger partial charge on any atom is -0.317 e. The SMILES string of the molecule is CNC(C)C1CCN(Cc2ccccc2F)CC1. The second kappa shape index (κ2) is 6.30. The van der Waals surface area contributed by atoms with E-state index in [1.54, 1.807) is 12.1 Å². The molecule has 1 N–H and O–H groups in total. The van der Waals surface area contributed by atoms with E-state index in [2.05, 4.69) is 17.1 Å². The van der Waals surface area contributed by atoms with Gasteiger partial charge in [0.15, 0.2) is 0 Å². The van der Waals surface area contributed by atoms with Gasteiger partial charge in [-0.3, -0.25) is 4.90 Å². The largest absolute Gasteiger partial charge is 0.317 e. The van der Waals surface area contributed by atoms with E-state index in [9.17, 15) is 4.39 Å². The Morgan fingerprint density at radius 1 is 1.33 bits per heavy atom. The van der Waals surface area contributed by atoms with Crippen LogP contribution in [-0.2, 0) is 6.54 Å². The smallest absolute Gasteiger partial charge is 0.127 e. The molecule has 2 rings (SSSR count). The zero-order valence-electron chi connectivity index (χ0n) is 11.3. The van der Waals surface area contributed by atoms with Crippen LogP contribution in [0.3, 0.4) is 0 Å². The molecule has 0 spiro atoms. The molecule has 1 aliphatic rings. The highest BCUT2D eigenvalue weighted by atomic mass is 19.1. The molecule has 1 saturated heterocycles. The van der Waals surface area contributed by atoms with Crippen molar-refractivity contribution in [1.29, 1.82) is 0 Å². The van der Waals surface area contributed by atoms with Crippen molar-refractivity contribution in [2.24, 2.45) is 5.92 Å². The maximum Gasteiger partial charge on any atom is 0.127 e. The molecule has 1 aromatic rings. The average Bonchev–Trinajstić information content (AvgIpc) is 2.41. The molecule has 0 radical (unpaired) electrons. The van der Waals surface area contributed by atoms with Gasteiger partial charge in [-0.2, -0.15) is 0 Å². The number of halogens is 1. The van der Waals surface area contributed by atoms with Crippen LogP contribution in [0.4, 0.5) is 4.39 Å². The number of piperidine rings is 1. The first-order chi connectivity index (χ1) is 8.70. The van der Waals surface area contributed by atoms with Gasteiger partial charge >= 0.3 is 0 Å². The van der Waals surface area contributed by atoms with Crippen molar-refractivity contribution in [3.05, 3.63) is 35.6 Å². The Hall–Kier alpha value is -0.930. The summed E-state index contributed by atoms with van der Waals surface area (Å²) in [6.07, 6.45) is 2.41. The Morgan fingerprint density at radius 3 is 2.61 bits per heavy atom. The Kier molecular flexibility index (Phi) is 4.72. The molecule has 0 aliphatic carbocycles. The molecular formula is C15H23FN2. The topological polar surface area (TPSA) is 15.3 Å². The lowest BCUT2D eigenvalue weighted by Crippen LogP contribution is -2.40. The Balaban J connectivity index is 1.86. The molecule has 1 unspecified atom stereocenters. The summed E-state index contributed by atoms with van der Waals surface area (Å²) in [6.45, 7) is 5.14. The Bertz CT molecular complexity index is 373. The zero-order chi connectivity index (χ0) is 13.0. The van der Waals surface area contributed by atoms with E-state index >= 15 is 0 Å². The molecule has 3 heteroatoms. The summed E-state index contributed by atoms with van der Waals surface area (Å²) in [5.41, 5.74) is 0.817. The number of hydrogen-bond acceptors (Lipinski definition) is 2. The van der Waals surface area contributed by atoms with Gasteiger partial charge in [-0.25, -0.2) is 4.39 Å². The van der Waals surface area contributed by atoms with Gasteiger partial charge < -0.3 is 5.32 Å². The van der Waals surface area contributed by atoms with E-state index in [4.69, 9.17) is 0 Å². The van der Waals surface area contributed by atoms with E-state index in [-0.39, 0.29) is 5.82 Å². The number of hydrogen-bond donors (Lipinski definition) is 1. The highest BCUT2D eigenvalue weighted by molar-refractivity contribution is 5.17. The van der Waals surface area contributed by atoms with Crippen LogP contribution < -0.4 is 5.32 Å². The van der Waals surface area contributed by atoms with Gasteiger partial charge in [-0.1, -0.05) is 18.2 Å². The second-order valence-electron chi connectivity index (χ2n) is 5.28. The van der Waals surface area contributed by atoms with Gasteiger partial charge in [0.25, 0.3) is 0 Å². The van der Waals surface area contributed by atoms with Gasteiger partial charge in [0.2, 0.25) is 0 Å². The number of nitrogens with zero attached hydrogens (tertiary/aromatic N) is 1. The van der Waals surface area contributed by atoms with E-state index < -0.39 is 0 Å². The van der Waals surface area contributed by atoms with Crippen LogP contribution in [0.1, 0.15) is 25.3 Å². The highest BCUT2D eigenvalue weighted by Gasteiger charge is 2.23. The average molecular weight is 250 g/mol. The third kappa shape index (κ3) is 3.30. The molecule has 1 fully saturated rings. The van der Waals surface area contributed by atoms with Crippen molar-refractivity contribution in [3.63, 3.8) is 0 Å². The molecule has 1 aromatic carbocycles. The maximum absolute atomic E-state index is 13.6. The van der Waals surface area contributed by atoms with Crippen molar-refractivity contribution in [3.8, 4) is 0 Å². The molecule has 1 atom stereocenters. The van der Waals surface area contributed by atoms with Gasteiger partial charge in [0, 0.05) is 18.2 Å². The fourth-order valence-electron chi connectivity index (χ4n) is 2.71. The van der Waals surface area contributed by atoms with Crippen LogP contribution in [0, 0.1) is 11.7 Å². The summed E-state index contributed by atoms with van der Waals surface area (Å²) >= 11 is 0. The minimum atomic E-state index is -0.0804. The van der Waals surface area contributed by atoms with Crippen molar-refractivity contribution in [2.45, 2.75) is 32.4 Å². The van der Waals surface area contributed by atoms with Crippen LogP contribution in [0.2, 0.25) is 0 Å². The lowest BCUT2D eigenvalue weighted by molar-refractivity contribution is 0.157. The minimum absolute atomic E-state index is 0.0804. The maximum atomic E-state index is 13.6. The van der Waals surface area contributed by atoms with Gasteiger partial charge in [0.1, 0.15) is 5.82 Å². The summed E-state index contributed by atoms with van der Waals surface area (Å²) in [7, 11) is 2.02. The fraction of sp³-hybridized carbons (Fsp3) is 0.600.